The highest BCUT2D eigenvalue weighted by Gasteiger charge is 2.22. The maximum atomic E-state index is 13.3. The van der Waals surface area contributed by atoms with Crippen molar-refractivity contribution in [1.82, 2.24) is 15.3 Å². The second-order valence-corrected chi connectivity index (χ2v) is 3.97. The normalized spacial score (nSPS) is 12.2. The van der Waals surface area contributed by atoms with Crippen LogP contribution in [0.25, 0.3) is 0 Å². The van der Waals surface area contributed by atoms with Gasteiger partial charge in [0.05, 0.1) is 13.2 Å². The average molecular weight is 283 g/mol. The standard InChI is InChI=1S/C13H12F3N3O/c1-17-11(12-13(20-2)19-4-3-18-12)7-5-8(14)10(16)9(15)6-7/h3-6,11,17H,1-2H3. The molecule has 1 heterocycles. The first-order chi connectivity index (χ1) is 9.58. The summed E-state index contributed by atoms with van der Waals surface area (Å²) in [6.45, 7) is 0. The van der Waals surface area contributed by atoms with Gasteiger partial charge in [0.1, 0.15) is 5.69 Å². The topological polar surface area (TPSA) is 47.0 Å². The fourth-order valence-electron chi connectivity index (χ4n) is 1.89. The van der Waals surface area contributed by atoms with Crippen LogP contribution in [0.15, 0.2) is 24.5 Å². The summed E-state index contributed by atoms with van der Waals surface area (Å²) in [5.74, 6) is -3.81. The average Bonchev–Trinajstić information content (AvgIpc) is 2.46. The highest BCUT2D eigenvalue weighted by atomic mass is 19.2. The molecule has 1 aromatic heterocycles. The zero-order chi connectivity index (χ0) is 14.7. The van der Waals surface area contributed by atoms with Crippen LogP contribution in [0.5, 0.6) is 5.88 Å². The fourth-order valence-corrected chi connectivity index (χ4v) is 1.89. The summed E-state index contributed by atoms with van der Waals surface area (Å²) < 4.78 is 44.7. The van der Waals surface area contributed by atoms with E-state index in [0.29, 0.717) is 5.69 Å². The van der Waals surface area contributed by atoms with Crippen molar-refractivity contribution in [1.29, 1.82) is 0 Å². The van der Waals surface area contributed by atoms with Crippen LogP contribution in [0.3, 0.4) is 0 Å². The SMILES string of the molecule is CNC(c1cc(F)c(F)c(F)c1)c1nccnc1OC. The van der Waals surface area contributed by atoms with Gasteiger partial charge < -0.3 is 10.1 Å². The van der Waals surface area contributed by atoms with Crippen LogP contribution in [0, 0.1) is 17.5 Å². The third kappa shape index (κ3) is 2.57. The van der Waals surface area contributed by atoms with Gasteiger partial charge >= 0.3 is 0 Å². The summed E-state index contributed by atoms with van der Waals surface area (Å²) in [6.07, 6.45) is 2.86. The van der Waals surface area contributed by atoms with Crippen molar-refractivity contribution in [3.63, 3.8) is 0 Å². The minimum Gasteiger partial charge on any atom is -0.480 e. The smallest absolute Gasteiger partial charge is 0.237 e. The number of halogens is 3. The lowest BCUT2D eigenvalue weighted by Crippen LogP contribution is -2.20. The van der Waals surface area contributed by atoms with Crippen LogP contribution < -0.4 is 10.1 Å². The molecule has 0 spiro atoms. The molecular formula is C13H12F3N3O. The summed E-state index contributed by atoms with van der Waals surface area (Å²) in [5, 5.41) is 2.84. The molecule has 106 valence electrons. The highest BCUT2D eigenvalue weighted by molar-refractivity contribution is 5.33. The molecule has 7 heteroatoms. The largest absolute Gasteiger partial charge is 0.480 e. The van der Waals surface area contributed by atoms with E-state index in [1.807, 2.05) is 0 Å². The maximum Gasteiger partial charge on any atom is 0.237 e. The number of nitrogens with zero attached hydrogens (tertiary/aromatic N) is 2. The van der Waals surface area contributed by atoms with Crippen molar-refractivity contribution in [3.05, 3.63) is 53.2 Å². The van der Waals surface area contributed by atoms with Crippen LogP contribution in [0.4, 0.5) is 13.2 Å². The minimum absolute atomic E-state index is 0.183. The first-order valence-corrected chi connectivity index (χ1v) is 5.75. The molecule has 0 amide bonds. The van der Waals surface area contributed by atoms with Crippen molar-refractivity contribution >= 4 is 0 Å². The molecule has 1 unspecified atom stereocenters. The van der Waals surface area contributed by atoms with E-state index in [-0.39, 0.29) is 11.4 Å². The molecule has 0 radical (unpaired) electrons. The van der Waals surface area contributed by atoms with Crippen LogP contribution in [-0.4, -0.2) is 24.1 Å². The number of methoxy groups -OCH3 is 1. The predicted molar refractivity (Wildman–Crippen MR) is 65.8 cm³/mol. The lowest BCUT2D eigenvalue weighted by Gasteiger charge is -2.18. The van der Waals surface area contributed by atoms with Crippen molar-refractivity contribution in [2.75, 3.05) is 14.2 Å². The molecule has 2 rings (SSSR count). The van der Waals surface area contributed by atoms with Gasteiger partial charge in [-0.25, -0.2) is 18.2 Å². The molecule has 1 atom stereocenters. The molecule has 0 aliphatic carbocycles. The first kappa shape index (κ1) is 14.3. The molecule has 1 N–H and O–H groups in total. The van der Waals surface area contributed by atoms with Crippen molar-refractivity contribution < 1.29 is 17.9 Å². The van der Waals surface area contributed by atoms with E-state index in [4.69, 9.17) is 4.74 Å². The molecule has 0 aliphatic rings. The fraction of sp³-hybridized carbons (Fsp3) is 0.231. The Morgan fingerprint density at radius 3 is 2.25 bits per heavy atom. The Balaban J connectivity index is 2.52. The van der Waals surface area contributed by atoms with E-state index in [1.165, 1.54) is 19.5 Å². The molecule has 0 saturated carbocycles. The number of hydrogen-bond donors (Lipinski definition) is 1. The van der Waals surface area contributed by atoms with Crippen LogP contribution in [0.1, 0.15) is 17.3 Å². The third-order valence-electron chi connectivity index (χ3n) is 2.79. The molecule has 0 aliphatic heterocycles. The molecule has 2 aromatic rings. The number of aromatic nitrogens is 2. The summed E-state index contributed by atoms with van der Waals surface area (Å²) in [4.78, 5) is 8.06. The Bertz CT molecular complexity index is 599. The Labute approximate surface area is 113 Å². The Morgan fingerprint density at radius 1 is 1.10 bits per heavy atom. The molecule has 4 nitrogen and oxygen atoms in total. The molecular weight excluding hydrogens is 271 g/mol. The lowest BCUT2D eigenvalue weighted by molar-refractivity contribution is 0.383. The van der Waals surface area contributed by atoms with Crippen LogP contribution in [-0.2, 0) is 0 Å². The van der Waals surface area contributed by atoms with Crippen molar-refractivity contribution in [3.8, 4) is 5.88 Å². The van der Waals surface area contributed by atoms with E-state index in [2.05, 4.69) is 15.3 Å². The molecule has 0 saturated heterocycles. The Morgan fingerprint density at radius 2 is 1.70 bits per heavy atom. The summed E-state index contributed by atoms with van der Waals surface area (Å²) in [5.41, 5.74) is 0.533. The van der Waals surface area contributed by atoms with E-state index >= 15 is 0 Å². The lowest BCUT2D eigenvalue weighted by atomic mass is 10.0. The van der Waals surface area contributed by atoms with E-state index in [0.717, 1.165) is 12.1 Å². The summed E-state index contributed by atoms with van der Waals surface area (Å²) in [6, 6.07) is 1.14. The predicted octanol–water partition coefficient (Wildman–Crippen LogP) is 2.21. The number of rotatable bonds is 4. The monoisotopic (exact) mass is 283 g/mol. The molecule has 0 bridgehead atoms. The quantitative estimate of drug-likeness (QED) is 0.874. The summed E-state index contributed by atoms with van der Waals surface area (Å²) in [7, 11) is 2.99. The van der Waals surface area contributed by atoms with Gasteiger partial charge in [-0.1, -0.05) is 0 Å². The van der Waals surface area contributed by atoms with Crippen molar-refractivity contribution in [2.45, 2.75) is 6.04 Å². The molecule has 1 aromatic carbocycles. The number of ether oxygens (including phenoxy) is 1. The highest BCUT2D eigenvalue weighted by Crippen LogP contribution is 2.27. The van der Waals surface area contributed by atoms with E-state index in [9.17, 15) is 13.2 Å². The third-order valence-corrected chi connectivity index (χ3v) is 2.79. The molecule has 20 heavy (non-hydrogen) atoms. The van der Waals surface area contributed by atoms with Gasteiger partial charge in [-0.15, -0.1) is 0 Å². The minimum atomic E-state index is -1.50. The number of nitrogens with one attached hydrogen (secondary N) is 1. The van der Waals surface area contributed by atoms with E-state index < -0.39 is 23.5 Å². The van der Waals surface area contributed by atoms with Gasteiger partial charge in [0.25, 0.3) is 0 Å². The van der Waals surface area contributed by atoms with Gasteiger partial charge in [-0.3, -0.25) is 4.98 Å². The van der Waals surface area contributed by atoms with Gasteiger partial charge in [-0.2, -0.15) is 0 Å². The first-order valence-electron chi connectivity index (χ1n) is 5.75. The maximum absolute atomic E-state index is 13.3. The second-order valence-electron chi connectivity index (χ2n) is 3.97. The zero-order valence-electron chi connectivity index (χ0n) is 10.8. The van der Waals surface area contributed by atoms with Crippen LogP contribution >= 0.6 is 0 Å². The van der Waals surface area contributed by atoms with Gasteiger partial charge in [-0.05, 0) is 24.7 Å². The Kier molecular flexibility index (Phi) is 4.19. The molecule has 0 fully saturated rings. The second kappa shape index (κ2) is 5.87. The van der Waals surface area contributed by atoms with Crippen LogP contribution in [0.2, 0.25) is 0 Å². The zero-order valence-corrected chi connectivity index (χ0v) is 10.8. The van der Waals surface area contributed by atoms with Gasteiger partial charge in [0, 0.05) is 12.4 Å². The van der Waals surface area contributed by atoms with E-state index in [1.54, 1.807) is 7.05 Å². The van der Waals surface area contributed by atoms with Crippen molar-refractivity contribution in [2.24, 2.45) is 0 Å². The Hall–Kier alpha value is -2.15. The summed E-state index contributed by atoms with van der Waals surface area (Å²) >= 11 is 0. The van der Waals surface area contributed by atoms with Gasteiger partial charge in [0.15, 0.2) is 17.5 Å². The van der Waals surface area contributed by atoms with Gasteiger partial charge in [0.2, 0.25) is 5.88 Å². The number of hydrogen-bond acceptors (Lipinski definition) is 4. The number of benzene rings is 1.